The van der Waals surface area contributed by atoms with Crippen LogP contribution in [0.15, 0.2) is 193 Å². The molecule has 0 amide bonds. The van der Waals surface area contributed by atoms with Crippen molar-refractivity contribution >= 4 is 35.2 Å². The first-order chi connectivity index (χ1) is 26.3. The Labute approximate surface area is 338 Å². The van der Waals surface area contributed by atoms with E-state index >= 15 is 0 Å². The summed E-state index contributed by atoms with van der Waals surface area (Å²) in [5.41, 5.74) is 11.8. The van der Waals surface area contributed by atoms with Gasteiger partial charge in [0.25, 0.3) is 0 Å². The van der Waals surface area contributed by atoms with Crippen molar-refractivity contribution in [2.75, 3.05) is 0 Å². The van der Waals surface area contributed by atoms with Gasteiger partial charge in [0.2, 0.25) is 0 Å². The molecule has 0 saturated carbocycles. The number of hydrogen-bond donors (Lipinski definition) is 0. The van der Waals surface area contributed by atoms with Gasteiger partial charge in [0.1, 0.15) is 11.2 Å². The van der Waals surface area contributed by atoms with Crippen LogP contribution in [0.25, 0.3) is 66.8 Å². The molecule has 4 nitrogen and oxygen atoms in total. The number of furan rings is 1. The molecular formula is C49H43IrN3OSi. The van der Waals surface area contributed by atoms with E-state index in [2.05, 4.69) is 139 Å². The Morgan fingerprint density at radius 1 is 0.455 bits per heavy atom. The van der Waals surface area contributed by atoms with Crippen molar-refractivity contribution in [2.45, 2.75) is 26.6 Å². The molecule has 9 rings (SSSR count). The van der Waals surface area contributed by atoms with Gasteiger partial charge in [0.05, 0.1) is 25.2 Å². The van der Waals surface area contributed by atoms with Gasteiger partial charge < -0.3 is 4.42 Å². The van der Waals surface area contributed by atoms with Crippen molar-refractivity contribution < 1.29 is 24.5 Å². The number of para-hydroxylation sites is 1. The third-order valence-electron chi connectivity index (χ3n) is 9.26. The van der Waals surface area contributed by atoms with Crippen molar-refractivity contribution in [3.8, 4) is 44.9 Å². The number of nitrogens with zero attached hydrogens (tertiary/aromatic N) is 3. The molecule has 1 radical (unpaired) electrons. The van der Waals surface area contributed by atoms with E-state index in [0.29, 0.717) is 0 Å². The summed E-state index contributed by atoms with van der Waals surface area (Å²) in [6.45, 7) is 9.12. The van der Waals surface area contributed by atoms with Crippen LogP contribution in [0.3, 0.4) is 0 Å². The zero-order valence-corrected chi connectivity index (χ0v) is 34.9. The zero-order valence-electron chi connectivity index (χ0n) is 31.5. The minimum absolute atomic E-state index is 0. The van der Waals surface area contributed by atoms with E-state index in [-0.39, 0.29) is 20.1 Å². The molecule has 0 spiro atoms. The monoisotopic (exact) mass is 910 g/mol. The van der Waals surface area contributed by atoms with Gasteiger partial charge >= 0.3 is 0 Å². The average Bonchev–Trinajstić information content (AvgIpc) is 3.61. The van der Waals surface area contributed by atoms with Crippen molar-refractivity contribution in [3.63, 3.8) is 0 Å². The Balaban J connectivity index is 0.000000152. The average molecular weight is 910 g/mol. The van der Waals surface area contributed by atoms with E-state index in [0.717, 1.165) is 55.7 Å². The van der Waals surface area contributed by atoms with E-state index in [9.17, 15) is 0 Å². The van der Waals surface area contributed by atoms with Crippen LogP contribution >= 0.6 is 0 Å². The Hall–Kier alpha value is -5.78. The molecule has 0 unspecified atom stereocenters. The predicted octanol–water partition coefficient (Wildman–Crippen LogP) is 12.7. The fourth-order valence-corrected chi connectivity index (χ4v) is 7.24. The summed E-state index contributed by atoms with van der Waals surface area (Å²) in [6.07, 6.45) is 5.66. The van der Waals surface area contributed by atoms with Gasteiger partial charge in [-0.1, -0.05) is 147 Å². The molecule has 273 valence electrons. The summed E-state index contributed by atoms with van der Waals surface area (Å²) < 4.78 is 6.28. The quantitative estimate of drug-likeness (QED) is 0.161. The Morgan fingerprint density at radius 2 is 1.04 bits per heavy atom. The topological polar surface area (TPSA) is 51.8 Å². The SMILES string of the molecule is C[Si](C)(C)c1ccc(-c2ccccc2)nc1.Cc1ccc(-c2ccc3c(c2)oc2c(-c4ccccn4)cccc23)cc1.[Ir].c1ccc(-c2ccccn2)cc1. The van der Waals surface area contributed by atoms with Crippen LogP contribution < -0.4 is 5.19 Å². The molecule has 0 saturated heterocycles. The molecule has 4 heterocycles. The maximum Gasteiger partial charge on any atom is 0.144 e. The second kappa shape index (κ2) is 18.0. The van der Waals surface area contributed by atoms with Crippen molar-refractivity contribution in [1.82, 2.24) is 15.0 Å². The standard InChI is InChI=1S/C24H17NO.C14H17NSi.C11H9N.Ir/c1-16-8-10-17(11-9-16)18-12-13-19-20-5-4-6-21(22-7-2-3-14-25-22)24(20)26-23(19)15-18;1-16(2,3)13-9-10-14(15-11-13)12-7-5-4-6-8-12;1-2-6-10(7-3-1)11-8-4-5-9-12-11;/h2-15H,1H3;4-11H,1-3H3;1-9H;. The van der Waals surface area contributed by atoms with Gasteiger partial charge in [-0.05, 0) is 71.8 Å². The molecule has 0 bridgehead atoms. The van der Waals surface area contributed by atoms with Crippen LogP contribution in [-0.2, 0) is 20.1 Å². The Bertz CT molecular complexity index is 2520. The second-order valence-corrected chi connectivity index (χ2v) is 19.3. The van der Waals surface area contributed by atoms with Gasteiger partial charge in [-0.3, -0.25) is 15.0 Å². The zero-order chi connectivity index (χ0) is 37.3. The number of aryl methyl sites for hydroxylation is 1. The summed E-state index contributed by atoms with van der Waals surface area (Å²) in [5.74, 6) is 0. The third kappa shape index (κ3) is 9.67. The molecule has 0 fully saturated rings. The molecule has 0 aliphatic rings. The van der Waals surface area contributed by atoms with Crippen LogP contribution in [0.1, 0.15) is 5.56 Å². The van der Waals surface area contributed by atoms with E-state index in [1.54, 1.807) is 0 Å². The Kier molecular flexibility index (Phi) is 12.8. The molecule has 0 atom stereocenters. The van der Waals surface area contributed by atoms with Gasteiger partial charge in [0, 0.05) is 66.2 Å². The van der Waals surface area contributed by atoms with Crippen LogP contribution in [0, 0.1) is 6.92 Å². The third-order valence-corrected chi connectivity index (χ3v) is 11.3. The first-order valence-electron chi connectivity index (χ1n) is 18.3. The van der Waals surface area contributed by atoms with Gasteiger partial charge in [-0.15, -0.1) is 0 Å². The molecule has 9 aromatic rings. The number of benzene rings is 5. The van der Waals surface area contributed by atoms with E-state index in [1.807, 2.05) is 91.4 Å². The van der Waals surface area contributed by atoms with Crippen molar-refractivity contribution in [2.24, 2.45) is 0 Å². The molecule has 5 aromatic carbocycles. The van der Waals surface area contributed by atoms with Crippen LogP contribution in [0.5, 0.6) is 0 Å². The fourth-order valence-electron chi connectivity index (χ4n) is 6.21. The van der Waals surface area contributed by atoms with Gasteiger partial charge in [-0.2, -0.15) is 0 Å². The summed E-state index contributed by atoms with van der Waals surface area (Å²) in [4.78, 5) is 13.3. The first-order valence-corrected chi connectivity index (χ1v) is 21.8. The summed E-state index contributed by atoms with van der Waals surface area (Å²) >= 11 is 0. The maximum absolute atomic E-state index is 6.28. The minimum Gasteiger partial charge on any atom is -0.455 e. The number of hydrogen-bond acceptors (Lipinski definition) is 4. The number of pyridine rings is 3. The molecule has 0 aliphatic carbocycles. The first kappa shape index (κ1) is 38.9. The van der Waals surface area contributed by atoms with Crippen molar-refractivity contribution in [1.29, 1.82) is 0 Å². The second-order valence-electron chi connectivity index (χ2n) is 14.2. The normalized spacial score (nSPS) is 10.8. The maximum atomic E-state index is 6.28. The number of rotatable bonds is 5. The summed E-state index contributed by atoms with van der Waals surface area (Å²) in [5, 5.41) is 3.67. The molecule has 0 N–H and O–H groups in total. The van der Waals surface area contributed by atoms with Gasteiger partial charge in [0.15, 0.2) is 0 Å². The summed E-state index contributed by atoms with van der Waals surface area (Å²) in [7, 11) is -1.22. The number of aromatic nitrogens is 3. The summed E-state index contributed by atoms with van der Waals surface area (Å²) in [6, 6.07) is 57.9. The number of fused-ring (bicyclic) bond motifs is 3. The molecule has 55 heavy (non-hydrogen) atoms. The van der Waals surface area contributed by atoms with Crippen LogP contribution in [-0.4, -0.2) is 23.0 Å². The predicted molar refractivity (Wildman–Crippen MR) is 229 cm³/mol. The smallest absolute Gasteiger partial charge is 0.144 e. The largest absolute Gasteiger partial charge is 0.455 e. The minimum atomic E-state index is -1.22. The molecular weight excluding hydrogens is 867 g/mol. The van der Waals surface area contributed by atoms with E-state index < -0.39 is 8.07 Å². The Morgan fingerprint density at radius 3 is 1.60 bits per heavy atom. The van der Waals surface area contributed by atoms with Crippen LogP contribution in [0.2, 0.25) is 19.6 Å². The van der Waals surface area contributed by atoms with Crippen LogP contribution in [0.4, 0.5) is 0 Å². The molecule has 4 aromatic heterocycles. The van der Waals surface area contributed by atoms with Crippen molar-refractivity contribution in [3.05, 3.63) is 194 Å². The van der Waals surface area contributed by atoms with E-state index in [1.165, 1.54) is 21.9 Å². The molecule has 6 heteroatoms. The van der Waals surface area contributed by atoms with Gasteiger partial charge in [-0.25, -0.2) is 0 Å². The van der Waals surface area contributed by atoms with E-state index in [4.69, 9.17) is 4.42 Å². The fraction of sp³-hybridized carbons (Fsp3) is 0.0816. The molecule has 0 aliphatic heterocycles.